The smallest absolute Gasteiger partial charge is 0.00752 e. The SMILES string of the molecule is CC(CC1CCC1C)=C1C=CC(C)C=C1. The predicted octanol–water partition coefficient (Wildman–Crippen LogP) is 4.50. The van der Waals surface area contributed by atoms with Crippen molar-refractivity contribution in [2.75, 3.05) is 0 Å². The Morgan fingerprint density at radius 3 is 2.33 bits per heavy atom. The molecule has 0 N–H and O–H groups in total. The molecule has 0 saturated heterocycles. The quantitative estimate of drug-likeness (QED) is 0.618. The zero-order valence-electron chi connectivity index (χ0n) is 10.2. The fourth-order valence-electron chi connectivity index (χ4n) is 2.47. The Labute approximate surface area is 93.8 Å². The standard InChI is InChI=1S/C15H22/c1-11-4-7-14(8-5-11)13(3)10-15-9-6-12(15)2/h4-5,7-8,11-12,15H,6,9-10H2,1-3H3. The molecule has 0 aromatic rings. The molecule has 2 atom stereocenters. The summed E-state index contributed by atoms with van der Waals surface area (Å²) in [6.07, 6.45) is 13.4. The molecular formula is C15H22. The Balaban J connectivity index is 2.00. The Kier molecular flexibility index (Phi) is 3.14. The van der Waals surface area contributed by atoms with Gasteiger partial charge in [-0.2, -0.15) is 0 Å². The van der Waals surface area contributed by atoms with Crippen LogP contribution < -0.4 is 0 Å². The summed E-state index contributed by atoms with van der Waals surface area (Å²) in [5, 5.41) is 0. The van der Waals surface area contributed by atoms with Gasteiger partial charge in [0.25, 0.3) is 0 Å². The van der Waals surface area contributed by atoms with Crippen LogP contribution in [0.4, 0.5) is 0 Å². The lowest BCUT2D eigenvalue weighted by atomic mass is 9.71. The third kappa shape index (κ3) is 2.42. The van der Waals surface area contributed by atoms with Crippen molar-refractivity contribution in [3.63, 3.8) is 0 Å². The van der Waals surface area contributed by atoms with Crippen LogP contribution in [0.15, 0.2) is 35.5 Å². The van der Waals surface area contributed by atoms with E-state index in [9.17, 15) is 0 Å². The van der Waals surface area contributed by atoms with E-state index in [-0.39, 0.29) is 0 Å². The Hall–Kier alpha value is -0.780. The number of hydrogen-bond donors (Lipinski definition) is 0. The van der Waals surface area contributed by atoms with Crippen molar-refractivity contribution in [3.8, 4) is 0 Å². The van der Waals surface area contributed by atoms with Crippen LogP contribution in [-0.4, -0.2) is 0 Å². The first-order chi connectivity index (χ1) is 7.16. The molecule has 0 aliphatic heterocycles. The van der Waals surface area contributed by atoms with Gasteiger partial charge in [-0.1, -0.05) is 50.1 Å². The normalized spacial score (nSPS) is 34.1. The largest absolute Gasteiger partial charge is 0.0773 e. The van der Waals surface area contributed by atoms with E-state index < -0.39 is 0 Å². The summed E-state index contributed by atoms with van der Waals surface area (Å²) >= 11 is 0. The minimum absolute atomic E-state index is 0.615. The lowest BCUT2D eigenvalue weighted by molar-refractivity contribution is 0.195. The zero-order chi connectivity index (χ0) is 10.8. The summed E-state index contributed by atoms with van der Waals surface area (Å²) in [6.45, 7) is 6.92. The summed E-state index contributed by atoms with van der Waals surface area (Å²) in [5.41, 5.74) is 3.03. The molecular weight excluding hydrogens is 180 g/mol. The van der Waals surface area contributed by atoms with Gasteiger partial charge in [-0.25, -0.2) is 0 Å². The highest BCUT2D eigenvalue weighted by Gasteiger charge is 2.26. The van der Waals surface area contributed by atoms with E-state index in [4.69, 9.17) is 0 Å². The first kappa shape index (κ1) is 10.7. The first-order valence-electron chi connectivity index (χ1n) is 6.23. The maximum atomic E-state index is 2.39. The Bertz CT molecular complexity index is 301. The van der Waals surface area contributed by atoms with E-state index in [1.54, 1.807) is 5.57 Å². The number of hydrogen-bond acceptors (Lipinski definition) is 0. The molecule has 0 heteroatoms. The molecule has 1 fully saturated rings. The van der Waals surface area contributed by atoms with Crippen LogP contribution >= 0.6 is 0 Å². The van der Waals surface area contributed by atoms with E-state index >= 15 is 0 Å². The minimum atomic E-state index is 0.615. The highest BCUT2D eigenvalue weighted by Crippen LogP contribution is 2.38. The van der Waals surface area contributed by atoms with Gasteiger partial charge in [-0.05, 0) is 43.1 Å². The fourth-order valence-corrected chi connectivity index (χ4v) is 2.47. The van der Waals surface area contributed by atoms with Gasteiger partial charge in [0, 0.05) is 0 Å². The second-order valence-electron chi connectivity index (χ2n) is 5.33. The molecule has 0 spiro atoms. The van der Waals surface area contributed by atoms with Crippen LogP contribution in [0, 0.1) is 17.8 Å². The van der Waals surface area contributed by atoms with E-state index in [2.05, 4.69) is 45.1 Å². The van der Waals surface area contributed by atoms with Gasteiger partial charge >= 0.3 is 0 Å². The highest BCUT2D eigenvalue weighted by molar-refractivity contribution is 5.39. The maximum absolute atomic E-state index is 2.39. The summed E-state index contributed by atoms with van der Waals surface area (Å²) in [7, 11) is 0. The van der Waals surface area contributed by atoms with Gasteiger partial charge < -0.3 is 0 Å². The Morgan fingerprint density at radius 1 is 1.20 bits per heavy atom. The van der Waals surface area contributed by atoms with E-state index in [0.717, 1.165) is 11.8 Å². The van der Waals surface area contributed by atoms with E-state index in [1.165, 1.54) is 24.8 Å². The van der Waals surface area contributed by atoms with Crippen molar-refractivity contribution in [1.82, 2.24) is 0 Å². The van der Waals surface area contributed by atoms with Crippen molar-refractivity contribution in [2.24, 2.45) is 17.8 Å². The molecule has 0 heterocycles. The molecule has 1 saturated carbocycles. The lowest BCUT2D eigenvalue weighted by Gasteiger charge is -2.34. The average Bonchev–Trinajstić information content (AvgIpc) is 2.24. The van der Waals surface area contributed by atoms with Crippen molar-refractivity contribution >= 4 is 0 Å². The van der Waals surface area contributed by atoms with Crippen LogP contribution in [0.1, 0.15) is 40.0 Å². The van der Waals surface area contributed by atoms with Crippen molar-refractivity contribution < 1.29 is 0 Å². The maximum Gasteiger partial charge on any atom is -0.00752 e. The summed E-state index contributed by atoms with van der Waals surface area (Å²) in [6, 6.07) is 0. The molecule has 0 radical (unpaired) electrons. The average molecular weight is 202 g/mol. The molecule has 82 valence electrons. The topological polar surface area (TPSA) is 0 Å². The number of rotatable bonds is 2. The molecule has 2 aliphatic carbocycles. The van der Waals surface area contributed by atoms with Crippen LogP contribution in [0.25, 0.3) is 0 Å². The van der Waals surface area contributed by atoms with Crippen molar-refractivity contribution in [3.05, 3.63) is 35.5 Å². The molecule has 0 bridgehead atoms. The molecule has 0 aromatic carbocycles. The van der Waals surface area contributed by atoms with E-state index in [1.807, 2.05) is 0 Å². The summed E-state index contributed by atoms with van der Waals surface area (Å²) in [4.78, 5) is 0. The second kappa shape index (κ2) is 4.38. The summed E-state index contributed by atoms with van der Waals surface area (Å²) in [5.74, 6) is 2.53. The first-order valence-corrected chi connectivity index (χ1v) is 6.23. The third-order valence-electron chi connectivity index (χ3n) is 4.02. The molecule has 0 amide bonds. The molecule has 2 aliphatic rings. The van der Waals surface area contributed by atoms with Crippen LogP contribution in [0.3, 0.4) is 0 Å². The highest BCUT2D eigenvalue weighted by atomic mass is 14.3. The van der Waals surface area contributed by atoms with Crippen LogP contribution in [0.5, 0.6) is 0 Å². The predicted molar refractivity (Wildman–Crippen MR) is 66.6 cm³/mol. The number of allylic oxidation sites excluding steroid dienone is 6. The van der Waals surface area contributed by atoms with Gasteiger partial charge in [0.1, 0.15) is 0 Å². The monoisotopic (exact) mass is 202 g/mol. The molecule has 0 nitrogen and oxygen atoms in total. The van der Waals surface area contributed by atoms with Crippen molar-refractivity contribution in [1.29, 1.82) is 0 Å². The molecule has 15 heavy (non-hydrogen) atoms. The molecule has 0 aromatic heterocycles. The van der Waals surface area contributed by atoms with Crippen LogP contribution in [-0.2, 0) is 0 Å². The third-order valence-corrected chi connectivity index (χ3v) is 4.02. The van der Waals surface area contributed by atoms with Gasteiger partial charge in [-0.3, -0.25) is 0 Å². The summed E-state index contributed by atoms with van der Waals surface area (Å²) < 4.78 is 0. The van der Waals surface area contributed by atoms with Crippen LogP contribution in [0.2, 0.25) is 0 Å². The van der Waals surface area contributed by atoms with Gasteiger partial charge in [-0.15, -0.1) is 0 Å². The molecule has 2 unspecified atom stereocenters. The zero-order valence-corrected chi connectivity index (χ0v) is 10.2. The fraction of sp³-hybridized carbons (Fsp3) is 0.600. The van der Waals surface area contributed by atoms with Gasteiger partial charge in [0.05, 0.1) is 0 Å². The second-order valence-corrected chi connectivity index (χ2v) is 5.33. The molecule has 2 rings (SSSR count). The lowest BCUT2D eigenvalue weighted by Crippen LogP contribution is -2.23. The van der Waals surface area contributed by atoms with Crippen molar-refractivity contribution in [2.45, 2.75) is 40.0 Å². The van der Waals surface area contributed by atoms with Gasteiger partial charge in [0.15, 0.2) is 0 Å². The Morgan fingerprint density at radius 2 is 1.87 bits per heavy atom. The minimum Gasteiger partial charge on any atom is -0.0773 e. The van der Waals surface area contributed by atoms with Gasteiger partial charge in [0.2, 0.25) is 0 Å². The van der Waals surface area contributed by atoms with E-state index in [0.29, 0.717) is 5.92 Å².